The van der Waals surface area contributed by atoms with Crippen molar-refractivity contribution in [1.29, 1.82) is 0 Å². The zero-order valence-corrected chi connectivity index (χ0v) is 24.6. The number of hydrogen-bond acceptors (Lipinski definition) is 6. The van der Waals surface area contributed by atoms with Gasteiger partial charge in [-0.1, -0.05) is 43.5 Å². The molecule has 3 aromatic carbocycles. The number of carbonyl (C=O) groups excluding carboxylic acids is 1. The number of nitrogens with zero attached hydrogens (tertiary/aromatic N) is 3. The summed E-state index contributed by atoms with van der Waals surface area (Å²) in [5, 5.41) is 4.44. The second kappa shape index (κ2) is 12.8. The Balaban J connectivity index is 1.20. The van der Waals surface area contributed by atoms with Crippen LogP contribution in [0.15, 0.2) is 67.0 Å². The molecule has 7 heteroatoms. The van der Waals surface area contributed by atoms with Gasteiger partial charge in [0.2, 0.25) is 5.91 Å². The summed E-state index contributed by atoms with van der Waals surface area (Å²) in [6.45, 7) is 1.22. The first-order valence-electron chi connectivity index (χ1n) is 15.2. The molecule has 218 valence electrons. The lowest BCUT2D eigenvalue weighted by Crippen LogP contribution is -2.34. The Hall–Kier alpha value is -4.13. The molecule has 0 radical (unpaired) electrons. The van der Waals surface area contributed by atoms with Crippen molar-refractivity contribution in [3.63, 3.8) is 0 Å². The van der Waals surface area contributed by atoms with E-state index >= 15 is 0 Å². The van der Waals surface area contributed by atoms with Gasteiger partial charge in [-0.2, -0.15) is 0 Å². The van der Waals surface area contributed by atoms with Crippen LogP contribution < -0.4 is 14.8 Å². The molecule has 2 fully saturated rings. The van der Waals surface area contributed by atoms with Gasteiger partial charge >= 0.3 is 0 Å². The highest BCUT2D eigenvalue weighted by molar-refractivity contribution is 5.92. The fourth-order valence-electron chi connectivity index (χ4n) is 6.16. The summed E-state index contributed by atoms with van der Waals surface area (Å²) in [5.41, 5.74) is 5.27. The summed E-state index contributed by atoms with van der Waals surface area (Å²) in [4.78, 5) is 24.6. The number of nitrogens with one attached hydrogen (secondary N) is 1. The Morgan fingerprint density at radius 3 is 2.52 bits per heavy atom. The quantitative estimate of drug-likeness (QED) is 0.205. The summed E-state index contributed by atoms with van der Waals surface area (Å²) in [7, 11) is 3.31. The van der Waals surface area contributed by atoms with E-state index in [4.69, 9.17) is 9.47 Å². The predicted molar refractivity (Wildman–Crippen MR) is 167 cm³/mol. The minimum absolute atomic E-state index is 0.335. The predicted octanol–water partition coefficient (Wildman–Crippen LogP) is 7.39. The summed E-state index contributed by atoms with van der Waals surface area (Å²) in [6, 6.07) is 21.1. The van der Waals surface area contributed by atoms with E-state index < -0.39 is 0 Å². The van der Waals surface area contributed by atoms with E-state index in [1.54, 1.807) is 20.5 Å². The van der Waals surface area contributed by atoms with Crippen molar-refractivity contribution in [2.45, 2.75) is 70.5 Å². The van der Waals surface area contributed by atoms with Crippen molar-refractivity contribution in [3.05, 3.63) is 78.1 Å². The van der Waals surface area contributed by atoms with Gasteiger partial charge in [0.05, 0.1) is 19.7 Å². The molecular formula is C35H40N4O3. The first-order chi connectivity index (χ1) is 20.6. The summed E-state index contributed by atoms with van der Waals surface area (Å²) in [5.74, 6) is 3.18. The summed E-state index contributed by atoms with van der Waals surface area (Å²) >= 11 is 0. The second-order valence-electron chi connectivity index (χ2n) is 11.6. The normalized spacial score (nSPS) is 15.4. The summed E-state index contributed by atoms with van der Waals surface area (Å²) < 4.78 is 10.9. The molecule has 0 bridgehead atoms. The van der Waals surface area contributed by atoms with Crippen LogP contribution in [0.4, 0.5) is 5.82 Å². The molecule has 0 unspecified atom stereocenters. The van der Waals surface area contributed by atoms with E-state index in [0.717, 1.165) is 57.8 Å². The molecule has 1 amide bonds. The maximum Gasteiger partial charge on any atom is 0.223 e. The molecule has 0 saturated heterocycles. The lowest BCUT2D eigenvalue weighted by Gasteiger charge is -2.27. The first-order valence-corrected chi connectivity index (χ1v) is 15.2. The topological polar surface area (TPSA) is 76.6 Å². The van der Waals surface area contributed by atoms with Crippen LogP contribution in [0.5, 0.6) is 11.5 Å². The number of rotatable bonds is 11. The Morgan fingerprint density at radius 2 is 1.74 bits per heavy atom. The minimum Gasteiger partial charge on any atom is -0.497 e. The number of carbonyl (C=O) groups is 1. The molecule has 4 aromatic rings. The van der Waals surface area contributed by atoms with Crippen LogP contribution in [0, 0.1) is 5.92 Å². The molecule has 2 aliphatic carbocycles. The third-order valence-electron chi connectivity index (χ3n) is 8.69. The molecule has 1 heterocycles. The van der Waals surface area contributed by atoms with E-state index in [0.29, 0.717) is 37.4 Å². The Morgan fingerprint density at radius 1 is 0.905 bits per heavy atom. The average molecular weight is 565 g/mol. The molecular weight excluding hydrogens is 524 g/mol. The molecule has 1 N–H and O–H groups in total. The molecule has 2 saturated carbocycles. The van der Waals surface area contributed by atoms with Crippen molar-refractivity contribution in [3.8, 4) is 22.6 Å². The van der Waals surface area contributed by atoms with Crippen molar-refractivity contribution in [2.24, 2.45) is 5.92 Å². The van der Waals surface area contributed by atoms with Crippen LogP contribution in [0.1, 0.15) is 62.5 Å². The second-order valence-corrected chi connectivity index (χ2v) is 11.6. The molecule has 6 rings (SSSR count). The van der Waals surface area contributed by atoms with E-state index in [1.807, 2.05) is 24.3 Å². The smallest absolute Gasteiger partial charge is 0.223 e. The fraction of sp³-hybridized carbons (Fsp3) is 0.400. The van der Waals surface area contributed by atoms with Gasteiger partial charge < -0.3 is 19.7 Å². The molecule has 7 nitrogen and oxygen atoms in total. The Bertz CT molecular complexity index is 1540. The zero-order chi connectivity index (χ0) is 28.9. The maximum atomic E-state index is 13.4. The minimum atomic E-state index is 0.335. The van der Waals surface area contributed by atoms with Crippen molar-refractivity contribution >= 4 is 22.6 Å². The molecule has 42 heavy (non-hydrogen) atoms. The average Bonchev–Trinajstić information content (AvgIpc) is 3.88. The third-order valence-corrected chi connectivity index (χ3v) is 8.69. The van der Waals surface area contributed by atoms with E-state index in [2.05, 4.69) is 56.6 Å². The van der Waals surface area contributed by atoms with Crippen LogP contribution in [0.25, 0.3) is 22.0 Å². The Kier molecular flexibility index (Phi) is 8.54. The summed E-state index contributed by atoms with van der Waals surface area (Å²) in [6.07, 6.45) is 10.8. The fourth-order valence-corrected chi connectivity index (χ4v) is 6.16. The van der Waals surface area contributed by atoms with Crippen LogP contribution in [0.3, 0.4) is 0 Å². The lowest BCUT2D eigenvalue weighted by atomic mass is 9.86. The zero-order valence-electron chi connectivity index (χ0n) is 24.6. The third kappa shape index (κ3) is 6.51. The van der Waals surface area contributed by atoms with Gasteiger partial charge in [0.15, 0.2) is 0 Å². The SMILES string of the molecule is COc1ccc(CNc2ncnc3ccc(-c4cccc(CN(C(=O)CC5CCCCC5)C5CC5)c4)cc23)c(OC)c1. The highest BCUT2D eigenvalue weighted by atomic mass is 16.5. The molecule has 0 aliphatic heterocycles. The maximum absolute atomic E-state index is 13.4. The highest BCUT2D eigenvalue weighted by Crippen LogP contribution is 2.34. The number of methoxy groups -OCH3 is 2. The van der Waals surface area contributed by atoms with Crippen molar-refractivity contribution < 1.29 is 14.3 Å². The van der Waals surface area contributed by atoms with Gasteiger partial charge in [-0.15, -0.1) is 0 Å². The van der Waals surface area contributed by atoms with E-state index in [1.165, 1.54) is 37.7 Å². The number of benzene rings is 3. The van der Waals surface area contributed by atoms with Gasteiger partial charge in [-0.3, -0.25) is 4.79 Å². The van der Waals surface area contributed by atoms with Crippen LogP contribution in [-0.2, 0) is 17.9 Å². The molecule has 0 atom stereocenters. The van der Waals surface area contributed by atoms with Gasteiger partial charge in [-0.05, 0) is 78.6 Å². The van der Waals surface area contributed by atoms with Gasteiger partial charge in [0, 0.05) is 42.6 Å². The van der Waals surface area contributed by atoms with E-state index in [-0.39, 0.29) is 0 Å². The van der Waals surface area contributed by atoms with Gasteiger partial charge in [-0.25, -0.2) is 9.97 Å². The number of amides is 1. The van der Waals surface area contributed by atoms with Gasteiger partial charge in [0.1, 0.15) is 23.6 Å². The van der Waals surface area contributed by atoms with Crippen molar-refractivity contribution in [2.75, 3.05) is 19.5 Å². The highest BCUT2D eigenvalue weighted by Gasteiger charge is 2.33. The standard InChI is InChI=1S/C35H40N4O3/c1-41-30-15-11-28(33(20-30)42-2)21-36-35-31-19-27(12-16-32(31)37-23-38-35)26-10-6-9-25(17-26)22-39(29-13-14-29)34(40)18-24-7-4-3-5-8-24/h6,9-12,15-17,19-20,23-24,29H,3-5,7-8,13-14,18,21-22H2,1-2H3,(H,36,37,38). The number of ether oxygens (including phenoxy) is 2. The van der Waals surface area contributed by atoms with Crippen molar-refractivity contribution in [1.82, 2.24) is 14.9 Å². The molecule has 0 spiro atoms. The van der Waals surface area contributed by atoms with Crippen LogP contribution in [0.2, 0.25) is 0 Å². The number of hydrogen-bond donors (Lipinski definition) is 1. The monoisotopic (exact) mass is 564 g/mol. The molecule has 2 aliphatic rings. The van der Waals surface area contributed by atoms with Crippen LogP contribution in [-0.4, -0.2) is 41.0 Å². The molecule has 1 aromatic heterocycles. The lowest BCUT2D eigenvalue weighted by molar-refractivity contribution is -0.133. The number of aromatic nitrogens is 2. The largest absolute Gasteiger partial charge is 0.497 e. The van der Waals surface area contributed by atoms with E-state index in [9.17, 15) is 4.79 Å². The van der Waals surface area contributed by atoms with Gasteiger partial charge in [0.25, 0.3) is 0 Å². The first kappa shape index (κ1) is 28.0. The number of fused-ring (bicyclic) bond motifs is 1. The Labute approximate surface area is 248 Å². The van der Waals surface area contributed by atoms with Crippen LogP contribution >= 0.6 is 0 Å². The number of anilines is 1.